The molecule has 2 amide bonds. The number of hydrogen-bond donors (Lipinski definition) is 2. The summed E-state index contributed by atoms with van der Waals surface area (Å²) >= 11 is 2.04. The molecule has 1 aromatic carbocycles. The molecule has 0 aliphatic heterocycles. The molecule has 0 spiro atoms. The van der Waals surface area contributed by atoms with Crippen molar-refractivity contribution in [3.05, 3.63) is 33.4 Å². The predicted octanol–water partition coefficient (Wildman–Crippen LogP) is 1.72. The summed E-state index contributed by atoms with van der Waals surface area (Å²) in [7, 11) is 0. The van der Waals surface area contributed by atoms with Crippen LogP contribution in [0.2, 0.25) is 0 Å². The van der Waals surface area contributed by atoms with Gasteiger partial charge in [0.25, 0.3) is 11.8 Å². The highest BCUT2D eigenvalue weighted by molar-refractivity contribution is 14.1. The number of esters is 1. The number of carbonyl (C=O) groups is 3. The summed E-state index contributed by atoms with van der Waals surface area (Å²) in [6.45, 7) is 5.21. The smallest absolute Gasteiger partial charge is 0.325 e. The van der Waals surface area contributed by atoms with E-state index in [1.54, 1.807) is 18.2 Å². The number of amides is 2. The monoisotopic (exact) mass is 432 g/mol. The van der Waals surface area contributed by atoms with E-state index < -0.39 is 5.97 Å². The van der Waals surface area contributed by atoms with Crippen molar-refractivity contribution in [3.8, 4) is 0 Å². The van der Waals surface area contributed by atoms with Crippen molar-refractivity contribution < 1.29 is 19.1 Å². The summed E-state index contributed by atoms with van der Waals surface area (Å²) < 4.78 is 5.62. The van der Waals surface area contributed by atoms with Gasteiger partial charge in [0, 0.05) is 9.61 Å². The SMILES string of the molecule is CC(C)C(C)NC(=O)COC(=O)CNC(=O)c1ccccc1I. The van der Waals surface area contributed by atoms with Gasteiger partial charge in [-0.3, -0.25) is 14.4 Å². The van der Waals surface area contributed by atoms with Crippen LogP contribution >= 0.6 is 22.6 Å². The number of carbonyl (C=O) groups excluding carboxylic acids is 3. The Hall–Kier alpha value is -1.64. The van der Waals surface area contributed by atoms with E-state index in [4.69, 9.17) is 4.74 Å². The molecule has 23 heavy (non-hydrogen) atoms. The van der Waals surface area contributed by atoms with Crippen LogP contribution in [0.3, 0.4) is 0 Å². The quantitative estimate of drug-likeness (QED) is 0.508. The molecule has 6 nitrogen and oxygen atoms in total. The maximum atomic E-state index is 11.9. The topological polar surface area (TPSA) is 84.5 Å². The molecule has 1 atom stereocenters. The molecule has 2 N–H and O–H groups in total. The third-order valence-electron chi connectivity index (χ3n) is 3.26. The minimum Gasteiger partial charge on any atom is -0.454 e. The van der Waals surface area contributed by atoms with E-state index in [2.05, 4.69) is 10.6 Å². The Morgan fingerprint density at radius 3 is 2.43 bits per heavy atom. The first-order chi connectivity index (χ1) is 10.8. The number of rotatable bonds is 7. The summed E-state index contributed by atoms with van der Waals surface area (Å²) in [5.41, 5.74) is 0.490. The van der Waals surface area contributed by atoms with Gasteiger partial charge >= 0.3 is 5.97 Å². The van der Waals surface area contributed by atoms with E-state index in [1.807, 2.05) is 49.4 Å². The first-order valence-corrected chi connectivity index (χ1v) is 8.36. The van der Waals surface area contributed by atoms with Crippen LogP contribution < -0.4 is 10.6 Å². The fourth-order valence-electron chi connectivity index (χ4n) is 1.55. The Labute approximate surface area is 149 Å². The van der Waals surface area contributed by atoms with Crippen LogP contribution in [0.4, 0.5) is 0 Å². The molecule has 1 rings (SSSR count). The molecule has 0 saturated heterocycles. The van der Waals surface area contributed by atoms with E-state index in [0.717, 1.165) is 3.57 Å². The second-order valence-corrected chi connectivity index (χ2v) is 6.59. The second kappa shape index (κ2) is 9.49. The van der Waals surface area contributed by atoms with Gasteiger partial charge < -0.3 is 15.4 Å². The first kappa shape index (κ1) is 19.4. The third kappa shape index (κ3) is 6.98. The Morgan fingerprint density at radius 2 is 1.83 bits per heavy atom. The highest BCUT2D eigenvalue weighted by Crippen LogP contribution is 2.10. The van der Waals surface area contributed by atoms with Gasteiger partial charge in [-0.25, -0.2) is 0 Å². The second-order valence-electron chi connectivity index (χ2n) is 5.42. The molecule has 0 aliphatic carbocycles. The number of halogens is 1. The van der Waals surface area contributed by atoms with Gasteiger partial charge in [0.2, 0.25) is 0 Å². The van der Waals surface area contributed by atoms with Crippen molar-refractivity contribution in [3.63, 3.8) is 0 Å². The van der Waals surface area contributed by atoms with Crippen molar-refractivity contribution >= 4 is 40.4 Å². The highest BCUT2D eigenvalue weighted by atomic mass is 127. The molecule has 0 heterocycles. The molecule has 0 radical (unpaired) electrons. The maximum absolute atomic E-state index is 11.9. The fraction of sp³-hybridized carbons (Fsp3) is 0.438. The molecule has 7 heteroatoms. The minimum absolute atomic E-state index is 0.000982. The Bertz CT molecular complexity index is 575. The third-order valence-corrected chi connectivity index (χ3v) is 4.21. The predicted molar refractivity (Wildman–Crippen MR) is 94.9 cm³/mol. The summed E-state index contributed by atoms with van der Waals surface area (Å²) in [6.07, 6.45) is 0. The summed E-state index contributed by atoms with van der Waals surface area (Å²) in [5.74, 6) is -1.08. The van der Waals surface area contributed by atoms with Gasteiger partial charge in [-0.15, -0.1) is 0 Å². The van der Waals surface area contributed by atoms with Gasteiger partial charge in [-0.05, 0) is 47.6 Å². The standard InChI is InChI=1S/C16H21IN2O4/c1-10(2)11(3)19-14(20)9-23-15(21)8-18-16(22)12-6-4-5-7-13(12)17/h4-7,10-11H,8-9H2,1-3H3,(H,18,22)(H,19,20). The van der Waals surface area contributed by atoms with Gasteiger partial charge in [0.1, 0.15) is 6.54 Å². The highest BCUT2D eigenvalue weighted by Gasteiger charge is 2.14. The Kier molecular flexibility index (Phi) is 8.01. The summed E-state index contributed by atoms with van der Waals surface area (Å²) in [6, 6.07) is 7.04. The maximum Gasteiger partial charge on any atom is 0.325 e. The lowest BCUT2D eigenvalue weighted by atomic mass is 10.1. The molecule has 0 fully saturated rings. The molecule has 1 aromatic rings. The molecular weight excluding hydrogens is 411 g/mol. The summed E-state index contributed by atoms with van der Waals surface area (Å²) in [5, 5.41) is 5.20. The van der Waals surface area contributed by atoms with Crippen LogP contribution in [0.1, 0.15) is 31.1 Å². The molecule has 0 saturated carbocycles. The fourth-order valence-corrected chi connectivity index (χ4v) is 2.18. The molecule has 126 valence electrons. The van der Waals surface area contributed by atoms with Gasteiger partial charge in [0.05, 0.1) is 5.56 Å². The van der Waals surface area contributed by atoms with Crippen LogP contribution in [-0.4, -0.2) is 37.0 Å². The minimum atomic E-state index is -0.656. The zero-order chi connectivity index (χ0) is 17.4. The number of hydrogen-bond acceptors (Lipinski definition) is 4. The van der Waals surface area contributed by atoms with Gasteiger partial charge in [0.15, 0.2) is 6.61 Å². The molecule has 0 aromatic heterocycles. The molecular formula is C16H21IN2O4. The van der Waals surface area contributed by atoms with E-state index in [0.29, 0.717) is 11.5 Å². The van der Waals surface area contributed by atoms with Crippen molar-refractivity contribution in [2.24, 2.45) is 5.92 Å². The number of benzene rings is 1. The average Bonchev–Trinajstić information content (AvgIpc) is 2.50. The van der Waals surface area contributed by atoms with Crippen molar-refractivity contribution in [1.82, 2.24) is 10.6 Å². The van der Waals surface area contributed by atoms with Crippen LogP contribution in [0, 0.1) is 9.49 Å². The molecule has 0 bridgehead atoms. The zero-order valence-electron chi connectivity index (χ0n) is 13.4. The Balaban J connectivity index is 2.33. The van der Waals surface area contributed by atoms with Crippen molar-refractivity contribution in [2.75, 3.05) is 13.2 Å². The normalized spacial score (nSPS) is 11.7. The van der Waals surface area contributed by atoms with Crippen molar-refractivity contribution in [1.29, 1.82) is 0 Å². The van der Waals surface area contributed by atoms with Crippen LogP contribution in [0.15, 0.2) is 24.3 Å². The Morgan fingerprint density at radius 1 is 1.17 bits per heavy atom. The van der Waals surface area contributed by atoms with Gasteiger partial charge in [-0.2, -0.15) is 0 Å². The molecule has 1 unspecified atom stereocenters. The van der Waals surface area contributed by atoms with Crippen LogP contribution in [0.5, 0.6) is 0 Å². The summed E-state index contributed by atoms with van der Waals surface area (Å²) in [4.78, 5) is 35.1. The molecule has 0 aliphatic rings. The van der Waals surface area contributed by atoms with Crippen LogP contribution in [-0.2, 0) is 14.3 Å². The van der Waals surface area contributed by atoms with Crippen LogP contribution in [0.25, 0.3) is 0 Å². The lowest BCUT2D eigenvalue weighted by Crippen LogP contribution is -2.39. The van der Waals surface area contributed by atoms with E-state index >= 15 is 0 Å². The lowest BCUT2D eigenvalue weighted by molar-refractivity contribution is -0.147. The van der Waals surface area contributed by atoms with E-state index in [-0.39, 0.29) is 31.0 Å². The first-order valence-electron chi connectivity index (χ1n) is 7.29. The largest absolute Gasteiger partial charge is 0.454 e. The van der Waals surface area contributed by atoms with Gasteiger partial charge in [-0.1, -0.05) is 26.0 Å². The lowest BCUT2D eigenvalue weighted by Gasteiger charge is -2.17. The number of nitrogens with one attached hydrogen (secondary N) is 2. The number of ether oxygens (including phenoxy) is 1. The zero-order valence-corrected chi connectivity index (χ0v) is 15.5. The van der Waals surface area contributed by atoms with E-state index in [1.165, 1.54) is 0 Å². The van der Waals surface area contributed by atoms with E-state index in [9.17, 15) is 14.4 Å². The van der Waals surface area contributed by atoms with Crippen molar-refractivity contribution in [2.45, 2.75) is 26.8 Å². The average molecular weight is 432 g/mol.